The Morgan fingerprint density at radius 3 is 2.41 bits per heavy atom. The third-order valence-electron chi connectivity index (χ3n) is 6.20. The Labute approximate surface area is 160 Å². The van der Waals surface area contributed by atoms with Crippen LogP contribution in [0.1, 0.15) is 37.7 Å². The van der Waals surface area contributed by atoms with Crippen molar-refractivity contribution in [2.24, 2.45) is 5.92 Å². The Morgan fingerprint density at radius 2 is 1.78 bits per heavy atom. The summed E-state index contributed by atoms with van der Waals surface area (Å²) < 4.78 is 10.3. The van der Waals surface area contributed by atoms with Crippen molar-refractivity contribution in [3.8, 4) is 0 Å². The number of hydrogen-bond donors (Lipinski definition) is 0. The topological polar surface area (TPSA) is 59.1 Å². The molecule has 3 fully saturated rings. The number of piperidine rings is 2. The average Bonchev–Trinajstić information content (AvgIpc) is 3.05. The van der Waals surface area contributed by atoms with E-state index in [0.717, 1.165) is 32.5 Å². The van der Waals surface area contributed by atoms with Crippen LogP contribution >= 0.6 is 0 Å². The van der Waals surface area contributed by atoms with E-state index in [1.165, 1.54) is 5.56 Å². The highest BCUT2D eigenvalue weighted by Crippen LogP contribution is 2.32. The molecular weight excluding hydrogens is 344 g/mol. The largest absolute Gasteiger partial charge is 0.509 e. The zero-order valence-corrected chi connectivity index (χ0v) is 15.8. The van der Waals surface area contributed by atoms with Crippen LogP contribution in [0.15, 0.2) is 30.3 Å². The van der Waals surface area contributed by atoms with Gasteiger partial charge in [-0.05, 0) is 37.4 Å². The Morgan fingerprint density at radius 1 is 1.07 bits per heavy atom. The minimum atomic E-state index is -0.572. The van der Waals surface area contributed by atoms with E-state index in [9.17, 15) is 9.59 Å². The zero-order valence-electron chi connectivity index (χ0n) is 15.8. The van der Waals surface area contributed by atoms with Crippen molar-refractivity contribution in [1.29, 1.82) is 0 Å². The van der Waals surface area contributed by atoms with Crippen molar-refractivity contribution in [3.05, 3.63) is 35.9 Å². The number of carbonyl (C=O) groups is 2. The zero-order chi connectivity index (χ0) is 18.7. The molecule has 4 rings (SSSR count). The molecular formula is C21H28N2O4. The van der Waals surface area contributed by atoms with Crippen LogP contribution < -0.4 is 0 Å². The number of amides is 1. The van der Waals surface area contributed by atoms with Gasteiger partial charge in [-0.1, -0.05) is 30.3 Å². The van der Waals surface area contributed by atoms with Gasteiger partial charge in [0.15, 0.2) is 5.60 Å². The van der Waals surface area contributed by atoms with Crippen molar-refractivity contribution in [1.82, 2.24) is 9.80 Å². The fourth-order valence-corrected chi connectivity index (χ4v) is 4.40. The highest BCUT2D eigenvalue weighted by molar-refractivity contribution is 5.76. The standard InChI is InChI=1S/C21H28N2O4/c24-19(23-12-8-21(9-13-23)16-26-20(25)27-21)14-17-6-10-22(11-7-17)15-18-4-2-1-3-5-18/h1-5,17H,6-16H2. The minimum Gasteiger partial charge on any atom is -0.430 e. The van der Waals surface area contributed by atoms with Gasteiger partial charge in [-0.15, -0.1) is 0 Å². The molecule has 0 radical (unpaired) electrons. The lowest BCUT2D eigenvalue weighted by molar-refractivity contribution is -0.136. The second-order valence-corrected chi connectivity index (χ2v) is 8.11. The highest BCUT2D eigenvalue weighted by Gasteiger charge is 2.45. The highest BCUT2D eigenvalue weighted by atomic mass is 16.8. The smallest absolute Gasteiger partial charge is 0.430 e. The predicted octanol–water partition coefficient (Wildman–Crippen LogP) is 2.82. The first kappa shape index (κ1) is 18.3. The number of carbonyl (C=O) groups excluding carboxylic acids is 2. The predicted molar refractivity (Wildman–Crippen MR) is 100 cm³/mol. The van der Waals surface area contributed by atoms with Crippen molar-refractivity contribution in [3.63, 3.8) is 0 Å². The molecule has 27 heavy (non-hydrogen) atoms. The lowest BCUT2D eigenvalue weighted by Gasteiger charge is -2.37. The van der Waals surface area contributed by atoms with E-state index in [-0.39, 0.29) is 5.91 Å². The summed E-state index contributed by atoms with van der Waals surface area (Å²) in [5.74, 6) is 0.727. The molecule has 0 aliphatic carbocycles. The number of likely N-dealkylation sites (tertiary alicyclic amines) is 2. The van der Waals surface area contributed by atoms with Crippen LogP contribution in [0.3, 0.4) is 0 Å². The summed E-state index contributed by atoms with van der Waals surface area (Å²) in [4.78, 5) is 28.3. The van der Waals surface area contributed by atoms with Crippen LogP contribution in [0, 0.1) is 5.92 Å². The molecule has 3 aliphatic rings. The SMILES string of the molecule is O=C1OCC2(CCN(C(=O)CC3CCN(Cc4ccccc4)CC3)CC2)O1. The van der Waals surface area contributed by atoms with Crippen molar-refractivity contribution >= 4 is 12.1 Å². The Hall–Kier alpha value is -2.08. The molecule has 0 atom stereocenters. The maximum Gasteiger partial charge on any atom is 0.509 e. The summed E-state index contributed by atoms with van der Waals surface area (Å²) in [5.41, 5.74) is 0.863. The van der Waals surface area contributed by atoms with Gasteiger partial charge in [0, 0.05) is 38.9 Å². The van der Waals surface area contributed by atoms with Crippen molar-refractivity contribution in [2.75, 3.05) is 32.8 Å². The summed E-state index contributed by atoms with van der Waals surface area (Å²) in [6.45, 7) is 4.75. The minimum absolute atomic E-state index is 0.247. The van der Waals surface area contributed by atoms with Gasteiger partial charge < -0.3 is 14.4 Å². The molecule has 0 unspecified atom stereocenters. The molecule has 146 valence electrons. The van der Waals surface area contributed by atoms with Crippen LogP contribution in [0.25, 0.3) is 0 Å². The van der Waals surface area contributed by atoms with Crippen LogP contribution in [0.4, 0.5) is 4.79 Å². The third-order valence-corrected chi connectivity index (χ3v) is 6.20. The molecule has 3 aliphatic heterocycles. The molecule has 3 saturated heterocycles. The molecule has 0 aromatic heterocycles. The van der Waals surface area contributed by atoms with Gasteiger partial charge in [0.05, 0.1) is 0 Å². The van der Waals surface area contributed by atoms with Gasteiger partial charge >= 0.3 is 6.16 Å². The van der Waals surface area contributed by atoms with Crippen molar-refractivity contribution < 1.29 is 19.1 Å². The Balaban J connectivity index is 1.19. The first-order chi connectivity index (χ1) is 13.1. The number of rotatable bonds is 4. The molecule has 1 spiro atoms. The monoisotopic (exact) mass is 372 g/mol. The van der Waals surface area contributed by atoms with Crippen LogP contribution in [-0.2, 0) is 20.8 Å². The molecule has 1 amide bonds. The molecule has 0 bridgehead atoms. The van der Waals surface area contributed by atoms with Gasteiger partial charge in [0.25, 0.3) is 0 Å². The first-order valence-electron chi connectivity index (χ1n) is 10.0. The molecule has 1 aromatic carbocycles. The maximum atomic E-state index is 12.7. The second-order valence-electron chi connectivity index (χ2n) is 8.11. The van der Waals surface area contributed by atoms with Crippen molar-refractivity contribution in [2.45, 2.75) is 44.2 Å². The van der Waals surface area contributed by atoms with E-state index in [2.05, 4.69) is 29.2 Å². The molecule has 6 heteroatoms. The van der Waals surface area contributed by atoms with E-state index in [1.54, 1.807) is 0 Å². The van der Waals surface area contributed by atoms with Crippen LogP contribution in [-0.4, -0.2) is 60.2 Å². The summed E-state index contributed by atoms with van der Waals surface area (Å²) >= 11 is 0. The van der Waals surface area contributed by atoms with Gasteiger partial charge in [-0.25, -0.2) is 4.79 Å². The van der Waals surface area contributed by atoms with Gasteiger partial charge in [0.1, 0.15) is 6.61 Å². The van der Waals surface area contributed by atoms with E-state index in [1.807, 2.05) is 11.0 Å². The number of nitrogens with zero attached hydrogens (tertiary/aromatic N) is 2. The maximum absolute atomic E-state index is 12.7. The Kier molecular flexibility index (Phi) is 5.34. The van der Waals surface area contributed by atoms with Gasteiger partial charge in [-0.3, -0.25) is 9.69 Å². The van der Waals surface area contributed by atoms with Gasteiger partial charge in [0.2, 0.25) is 5.91 Å². The van der Waals surface area contributed by atoms with Crippen LogP contribution in [0.5, 0.6) is 0 Å². The molecule has 0 saturated carbocycles. The van der Waals surface area contributed by atoms with Crippen LogP contribution in [0.2, 0.25) is 0 Å². The number of cyclic esters (lactones) is 1. The fourth-order valence-electron chi connectivity index (χ4n) is 4.40. The molecule has 6 nitrogen and oxygen atoms in total. The molecule has 1 aromatic rings. The Bertz CT molecular complexity index is 662. The molecule has 3 heterocycles. The summed E-state index contributed by atoms with van der Waals surface area (Å²) in [5, 5.41) is 0. The quantitative estimate of drug-likeness (QED) is 0.761. The number of benzene rings is 1. The second kappa shape index (κ2) is 7.89. The fraction of sp³-hybridized carbons (Fsp3) is 0.619. The third kappa shape index (κ3) is 4.43. The summed E-state index contributed by atoms with van der Waals surface area (Å²) in [6, 6.07) is 10.6. The average molecular weight is 372 g/mol. The summed E-state index contributed by atoms with van der Waals surface area (Å²) in [7, 11) is 0. The first-order valence-corrected chi connectivity index (χ1v) is 10.0. The van der Waals surface area contributed by atoms with E-state index in [4.69, 9.17) is 9.47 Å². The van der Waals surface area contributed by atoms with Gasteiger partial charge in [-0.2, -0.15) is 0 Å². The number of ether oxygens (including phenoxy) is 2. The molecule has 0 N–H and O–H groups in total. The lowest BCUT2D eigenvalue weighted by atomic mass is 9.90. The summed E-state index contributed by atoms with van der Waals surface area (Å²) in [6.07, 6.45) is 3.60. The van der Waals surface area contributed by atoms with E-state index >= 15 is 0 Å². The number of hydrogen-bond acceptors (Lipinski definition) is 5. The van der Waals surface area contributed by atoms with E-state index in [0.29, 0.717) is 44.9 Å². The lowest BCUT2D eigenvalue weighted by Crippen LogP contribution is -2.48. The van der Waals surface area contributed by atoms with E-state index < -0.39 is 11.8 Å². The normalized spacial score (nSPS) is 23.3.